The number of benzene rings is 2. The van der Waals surface area contributed by atoms with Crippen LogP contribution in [0.2, 0.25) is 0 Å². The second-order valence-electron chi connectivity index (χ2n) is 8.83. The summed E-state index contributed by atoms with van der Waals surface area (Å²) in [7, 11) is 1.65. The van der Waals surface area contributed by atoms with Crippen LogP contribution in [0.1, 0.15) is 31.9 Å². The van der Waals surface area contributed by atoms with Gasteiger partial charge in [0, 0.05) is 19.3 Å². The van der Waals surface area contributed by atoms with Crippen molar-refractivity contribution >= 4 is 35.1 Å². The van der Waals surface area contributed by atoms with E-state index in [1.165, 1.54) is 9.91 Å². The maximum Gasteiger partial charge on any atom is 0.410 e. The van der Waals surface area contributed by atoms with E-state index >= 15 is 0 Å². The molecule has 174 valence electrons. The molecule has 9 nitrogen and oxygen atoms in total. The number of hydrazine groups is 1. The van der Waals surface area contributed by atoms with Crippen molar-refractivity contribution in [2.75, 3.05) is 23.9 Å². The molecule has 1 aliphatic rings. The van der Waals surface area contributed by atoms with Gasteiger partial charge in [0.1, 0.15) is 12.1 Å². The molecule has 2 aromatic rings. The van der Waals surface area contributed by atoms with Crippen LogP contribution in [0.25, 0.3) is 0 Å². The third-order valence-corrected chi connectivity index (χ3v) is 4.66. The summed E-state index contributed by atoms with van der Waals surface area (Å²) in [6.45, 7) is 7.56. The lowest BCUT2D eigenvalue weighted by molar-refractivity contribution is -0.118. The highest BCUT2D eigenvalue weighted by atomic mass is 16.6. The predicted molar refractivity (Wildman–Crippen MR) is 127 cm³/mol. The summed E-state index contributed by atoms with van der Waals surface area (Å²) in [5, 5.41) is 4.10. The monoisotopic (exact) mass is 451 g/mol. The second-order valence-corrected chi connectivity index (χ2v) is 8.83. The Hall–Kier alpha value is -3.88. The molecule has 0 atom stereocenters. The molecular weight excluding hydrogens is 422 g/mol. The lowest BCUT2D eigenvalue weighted by Gasteiger charge is -2.27. The normalized spacial score (nSPS) is 13.7. The van der Waals surface area contributed by atoms with E-state index < -0.39 is 17.6 Å². The fourth-order valence-electron chi connectivity index (χ4n) is 3.06. The zero-order valence-corrected chi connectivity index (χ0v) is 19.5. The number of nitrogens with zero attached hydrogens (tertiary/aromatic N) is 3. The van der Waals surface area contributed by atoms with Gasteiger partial charge in [-0.2, -0.15) is 0 Å². The SMILES string of the molecule is Cc1ccc(N2NC(C(=O)Nc3cccc(CN(C)C(=O)OC(C)(C)C)c3)=NCC2=O)cc1. The largest absolute Gasteiger partial charge is 0.444 e. The molecule has 0 radical (unpaired) electrons. The van der Waals surface area contributed by atoms with Gasteiger partial charge in [0.05, 0.1) is 5.69 Å². The third kappa shape index (κ3) is 6.55. The molecule has 9 heteroatoms. The van der Waals surface area contributed by atoms with Crippen molar-refractivity contribution in [1.29, 1.82) is 0 Å². The summed E-state index contributed by atoms with van der Waals surface area (Å²) < 4.78 is 5.37. The minimum atomic E-state index is -0.581. The number of carbonyl (C=O) groups is 3. The first-order valence-electron chi connectivity index (χ1n) is 10.6. The van der Waals surface area contributed by atoms with Crippen molar-refractivity contribution < 1.29 is 19.1 Å². The zero-order chi connectivity index (χ0) is 24.2. The quantitative estimate of drug-likeness (QED) is 0.726. The average Bonchev–Trinajstić information content (AvgIpc) is 2.74. The molecule has 0 bridgehead atoms. The molecule has 2 N–H and O–H groups in total. The Labute approximate surface area is 193 Å². The van der Waals surface area contributed by atoms with Crippen molar-refractivity contribution in [3.05, 3.63) is 59.7 Å². The minimum absolute atomic E-state index is 0.0338. The molecule has 0 aromatic heterocycles. The van der Waals surface area contributed by atoms with Crippen molar-refractivity contribution in [1.82, 2.24) is 10.3 Å². The van der Waals surface area contributed by atoms with Crippen LogP contribution in [0, 0.1) is 6.92 Å². The highest BCUT2D eigenvalue weighted by molar-refractivity contribution is 6.43. The highest BCUT2D eigenvalue weighted by Gasteiger charge is 2.26. The zero-order valence-electron chi connectivity index (χ0n) is 19.5. The van der Waals surface area contributed by atoms with Crippen LogP contribution in [0.15, 0.2) is 53.5 Å². The molecule has 0 spiro atoms. The Morgan fingerprint density at radius 1 is 1.18 bits per heavy atom. The Morgan fingerprint density at radius 3 is 2.55 bits per heavy atom. The van der Waals surface area contributed by atoms with Crippen molar-refractivity contribution in [2.24, 2.45) is 4.99 Å². The first-order valence-corrected chi connectivity index (χ1v) is 10.6. The summed E-state index contributed by atoms with van der Waals surface area (Å²) in [5.41, 5.74) is 5.26. The summed E-state index contributed by atoms with van der Waals surface area (Å²) in [4.78, 5) is 42.8. The van der Waals surface area contributed by atoms with Crippen LogP contribution < -0.4 is 15.8 Å². The van der Waals surface area contributed by atoms with Crippen molar-refractivity contribution in [3.63, 3.8) is 0 Å². The molecule has 3 rings (SSSR count). The molecule has 0 aliphatic carbocycles. The van der Waals surface area contributed by atoms with E-state index in [1.807, 2.05) is 45.9 Å². The molecule has 33 heavy (non-hydrogen) atoms. The second kappa shape index (κ2) is 9.72. The third-order valence-electron chi connectivity index (χ3n) is 4.66. The average molecular weight is 452 g/mol. The predicted octanol–water partition coefficient (Wildman–Crippen LogP) is 3.25. The summed E-state index contributed by atoms with van der Waals surface area (Å²) in [5.74, 6) is -0.703. The van der Waals surface area contributed by atoms with Gasteiger partial charge in [-0.25, -0.2) is 9.80 Å². The van der Waals surface area contributed by atoms with Crippen LogP contribution in [0.4, 0.5) is 16.2 Å². The smallest absolute Gasteiger partial charge is 0.410 e. The first-order chi connectivity index (χ1) is 15.5. The van der Waals surface area contributed by atoms with E-state index in [1.54, 1.807) is 37.4 Å². The Balaban J connectivity index is 1.65. The summed E-state index contributed by atoms with van der Waals surface area (Å²) in [6, 6.07) is 14.5. The number of anilines is 2. The molecule has 1 aliphatic heterocycles. The van der Waals surface area contributed by atoms with Gasteiger partial charge in [-0.15, -0.1) is 0 Å². The topological polar surface area (TPSA) is 103 Å². The first kappa shape index (κ1) is 23.8. The van der Waals surface area contributed by atoms with Gasteiger partial charge >= 0.3 is 6.09 Å². The number of amides is 3. The van der Waals surface area contributed by atoms with Crippen molar-refractivity contribution in [2.45, 2.75) is 39.8 Å². The molecular formula is C24H29N5O4. The van der Waals surface area contributed by atoms with E-state index in [0.29, 0.717) is 17.9 Å². The van der Waals surface area contributed by atoms with Gasteiger partial charge < -0.3 is 15.0 Å². The standard InChI is InChI=1S/C24H29N5O4/c1-16-9-11-19(12-10-16)29-20(30)14-25-21(27-29)22(31)26-18-8-6-7-17(13-18)15-28(5)23(32)33-24(2,3)4/h6-13H,14-15H2,1-5H3,(H,25,27)(H,26,31). The van der Waals surface area contributed by atoms with Crippen LogP contribution in [-0.2, 0) is 20.9 Å². The number of carbonyl (C=O) groups excluding carboxylic acids is 3. The fourth-order valence-corrected chi connectivity index (χ4v) is 3.06. The maximum atomic E-state index is 12.8. The fraction of sp³-hybridized carbons (Fsp3) is 0.333. The molecule has 0 fully saturated rings. The van der Waals surface area contributed by atoms with Crippen LogP contribution >= 0.6 is 0 Å². The number of aryl methyl sites for hydroxylation is 1. The van der Waals surface area contributed by atoms with E-state index in [4.69, 9.17) is 4.74 Å². The van der Waals surface area contributed by atoms with Crippen molar-refractivity contribution in [3.8, 4) is 0 Å². The minimum Gasteiger partial charge on any atom is -0.444 e. The number of ether oxygens (including phenoxy) is 1. The number of amidine groups is 1. The number of nitrogens with one attached hydrogen (secondary N) is 2. The van der Waals surface area contributed by atoms with Gasteiger partial charge in [-0.05, 0) is 57.5 Å². The number of hydrogen-bond donors (Lipinski definition) is 2. The van der Waals surface area contributed by atoms with Gasteiger partial charge in [0.25, 0.3) is 11.8 Å². The molecule has 0 saturated carbocycles. The van der Waals surface area contributed by atoms with E-state index in [9.17, 15) is 14.4 Å². The molecule has 3 amide bonds. The molecule has 1 heterocycles. The Morgan fingerprint density at radius 2 is 1.88 bits per heavy atom. The highest BCUT2D eigenvalue weighted by Crippen LogP contribution is 2.17. The van der Waals surface area contributed by atoms with Crippen LogP contribution in [0.5, 0.6) is 0 Å². The van der Waals surface area contributed by atoms with E-state index in [2.05, 4.69) is 15.7 Å². The molecule has 0 saturated heterocycles. The molecule has 2 aromatic carbocycles. The maximum absolute atomic E-state index is 12.8. The lowest BCUT2D eigenvalue weighted by Crippen LogP contribution is -2.54. The van der Waals surface area contributed by atoms with E-state index in [0.717, 1.165) is 11.1 Å². The Kier molecular flexibility index (Phi) is 7.01. The van der Waals surface area contributed by atoms with E-state index in [-0.39, 0.29) is 18.3 Å². The number of rotatable bonds is 5. The van der Waals surface area contributed by atoms with Crippen LogP contribution in [0.3, 0.4) is 0 Å². The number of hydrogen-bond acceptors (Lipinski definition) is 6. The number of aliphatic imine (C=N–C) groups is 1. The van der Waals surface area contributed by atoms with Gasteiger partial charge in [-0.1, -0.05) is 29.8 Å². The van der Waals surface area contributed by atoms with Gasteiger partial charge in [0.15, 0.2) is 0 Å². The van der Waals surface area contributed by atoms with Gasteiger partial charge in [-0.3, -0.25) is 20.0 Å². The van der Waals surface area contributed by atoms with Gasteiger partial charge in [0.2, 0.25) is 5.84 Å². The Bertz CT molecular complexity index is 1070. The lowest BCUT2D eigenvalue weighted by atomic mass is 10.2. The molecule has 0 unspecified atom stereocenters. The summed E-state index contributed by atoms with van der Waals surface area (Å²) >= 11 is 0. The van der Waals surface area contributed by atoms with Crippen LogP contribution in [-0.4, -0.2) is 47.8 Å². The summed E-state index contributed by atoms with van der Waals surface area (Å²) in [6.07, 6.45) is -0.432.